The number of thiophene rings is 1. The average Bonchev–Trinajstić information content (AvgIpc) is 2.85. The molecule has 1 aromatic heterocycles. The number of aryl methyl sites for hydroxylation is 1. The van der Waals surface area contributed by atoms with Crippen molar-refractivity contribution < 1.29 is 4.39 Å². The lowest BCUT2D eigenvalue weighted by Crippen LogP contribution is -2.28. The molecule has 18 heavy (non-hydrogen) atoms. The van der Waals surface area contributed by atoms with E-state index >= 15 is 0 Å². The number of hydrogen-bond donors (Lipinski definition) is 2. The third-order valence-electron chi connectivity index (χ3n) is 2.80. The molecule has 3 N–H and O–H groups in total. The minimum atomic E-state index is -0.335. The van der Waals surface area contributed by atoms with E-state index in [1.807, 2.05) is 11.4 Å². The molecule has 1 atom stereocenters. The van der Waals surface area contributed by atoms with E-state index < -0.39 is 0 Å². The van der Waals surface area contributed by atoms with Gasteiger partial charge >= 0.3 is 0 Å². The van der Waals surface area contributed by atoms with Crippen molar-refractivity contribution in [3.8, 4) is 0 Å². The fourth-order valence-corrected chi connectivity index (χ4v) is 2.88. The lowest BCUT2D eigenvalue weighted by atomic mass is 10.0. The van der Waals surface area contributed by atoms with Crippen LogP contribution in [0.5, 0.6) is 0 Å². The molecule has 2 rings (SSSR count). The first kappa shape index (κ1) is 13.5. The van der Waals surface area contributed by atoms with Crippen LogP contribution in [0.1, 0.15) is 22.9 Å². The van der Waals surface area contributed by atoms with E-state index in [4.69, 9.17) is 17.4 Å². The van der Waals surface area contributed by atoms with Crippen LogP contribution >= 0.6 is 22.9 Å². The maximum atomic E-state index is 13.0. The van der Waals surface area contributed by atoms with Crippen LogP contribution in [0.15, 0.2) is 35.7 Å². The minimum Gasteiger partial charge on any atom is -0.271 e. The van der Waals surface area contributed by atoms with Crippen molar-refractivity contribution in [2.75, 3.05) is 0 Å². The predicted octanol–water partition coefficient (Wildman–Crippen LogP) is 3.68. The van der Waals surface area contributed by atoms with Crippen molar-refractivity contribution in [2.24, 2.45) is 5.84 Å². The standard InChI is InChI=1S/C13H14ClFN2S/c14-12-8-9(15)3-5-11(12)13(17-16)6-4-10-2-1-7-18-10/h1-3,5,7-8,13,17H,4,6,16H2. The van der Waals surface area contributed by atoms with Crippen molar-refractivity contribution in [1.82, 2.24) is 5.43 Å². The Bertz CT molecular complexity index is 502. The molecule has 2 aromatic rings. The van der Waals surface area contributed by atoms with Gasteiger partial charge in [0.2, 0.25) is 0 Å². The van der Waals surface area contributed by atoms with Crippen LogP contribution in [-0.2, 0) is 6.42 Å². The van der Waals surface area contributed by atoms with E-state index in [-0.39, 0.29) is 11.9 Å². The summed E-state index contributed by atoms with van der Waals surface area (Å²) in [6, 6.07) is 8.43. The first-order chi connectivity index (χ1) is 8.70. The van der Waals surface area contributed by atoms with Gasteiger partial charge in [-0.05, 0) is 42.0 Å². The van der Waals surface area contributed by atoms with Crippen LogP contribution in [0.25, 0.3) is 0 Å². The number of benzene rings is 1. The smallest absolute Gasteiger partial charge is 0.124 e. The molecule has 0 fully saturated rings. The molecule has 96 valence electrons. The van der Waals surface area contributed by atoms with E-state index in [0.717, 1.165) is 18.4 Å². The SMILES string of the molecule is NNC(CCc1cccs1)c1ccc(F)cc1Cl. The van der Waals surface area contributed by atoms with Gasteiger partial charge in [0, 0.05) is 15.9 Å². The largest absolute Gasteiger partial charge is 0.271 e. The topological polar surface area (TPSA) is 38.0 Å². The second-order valence-electron chi connectivity index (χ2n) is 4.00. The third kappa shape index (κ3) is 3.29. The van der Waals surface area contributed by atoms with Gasteiger partial charge in [-0.15, -0.1) is 11.3 Å². The zero-order valence-corrected chi connectivity index (χ0v) is 11.3. The molecule has 1 aromatic carbocycles. The van der Waals surface area contributed by atoms with E-state index in [9.17, 15) is 4.39 Å². The monoisotopic (exact) mass is 284 g/mol. The molecule has 0 aliphatic carbocycles. The van der Waals surface area contributed by atoms with E-state index in [1.54, 1.807) is 17.4 Å². The van der Waals surface area contributed by atoms with E-state index in [1.165, 1.54) is 17.0 Å². The molecule has 2 nitrogen and oxygen atoms in total. The van der Waals surface area contributed by atoms with Crippen molar-refractivity contribution in [2.45, 2.75) is 18.9 Å². The lowest BCUT2D eigenvalue weighted by molar-refractivity contribution is 0.516. The molecule has 0 aliphatic rings. The molecule has 0 saturated heterocycles. The number of rotatable bonds is 5. The zero-order valence-electron chi connectivity index (χ0n) is 9.70. The van der Waals surface area contributed by atoms with Crippen LogP contribution in [0.3, 0.4) is 0 Å². The van der Waals surface area contributed by atoms with Gasteiger partial charge in [0.1, 0.15) is 5.82 Å². The summed E-state index contributed by atoms with van der Waals surface area (Å²) in [4.78, 5) is 1.30. The Balaban J connectivity index is 2.08. The molecule has 0 radical (unpaired) electrons. The Morgan fingerprint density at radius 3 is 2.83 bits per heavy atom. The third-order valence-corrected chi connectivity index (χ3v) is 4.06. The molecule has 0 amide bonds. The van der Waals surface area contributed by atoms with Crippen molar-refractivity contribution >= 4 is 22.9 Å². The summed E-state index contributed by atoms with van der Waals surface area (Å²) in [5, 5.41) is 2.45. The number of hydrazine groups is 1. The second kappa shape index (κ2) is 6.29. The number of nitrogens with two attached hydrogens (primary N) is 1. The number of hydrogen-bond acceptors (Lipinski definition) is 3. The molecule has 1 unspecified atom stereocenters. The normalized spacial score (nSPS) is 12.6. The van der Waals surface area contributed by atoms with Gasteiger partial charge in [-0.1, -0.05) is 23.7 Å². The lowest BCUT2D eigenvalue weighted by Gasteiger charge is -2.17. The van der Waals surface area contributed by atoms with Gasteiger partial charge in [-0.25, -0.2) is 4.39 Å². The Hall–Kier alpha value is -0.940. The molecule has 5 heteroatoms. The molecular formula is C13H14ClFN2S. The van der Waals surface area contributed by atoms with Crippen molar-refractivity contribution in [3.05, 3.63) is 57.0 Å². The van der Waals surface area contributed by atoms with Gasteiger partial charge in [-0.3, -0.25) is 11.3 Å². The second-order valence-corrected chi connectivity index (χ2v) is 5.44. The summed E-state index contributed by atoms with van der Waals surface area (Å²) in [6.07, 6.45) is 1.74. The summed E-state index contributed by atoms with van der Waals surface area (Å²) >= 11 is 7.75. The Morgan fingerprint density at radius 2 is 2.22 bits per heavy atom. The zero-order chi connectivity index (χ0) is 13.0. The van der Waals surface area contributed by atoms with Crippen LogP contribution in [0.4, 0.5) is 4.39 Å². The molecule has 0 bridgehead atoms. The summed E-state index contributed by atoms with van der Waals surface area (Å²) in [6.45, 7) is 0. The van der Waals surface area contributed by atoms with Gasteiger partial charge in [-0.2, -0.15) is 0 Å². The molecule has 0 saturated carbocycles. The van der Waals surface area contributed by atoms with E-state index in [2.05, 4.69) is 11.5 Å². The van der Waals surface area contributed by atoms with Gasteiger partial charge in [0.15, 0.2) is 0 Å². The number of nitrogens with one attached hydrogen (secondary N) is 1. The van der Waals surface area contributed by atoms with Gasteiger partial charge < -0.3 is 0 Å². The van der Waals surface area contributed by atoms with Crippen LogP contribution in [0.2, 0.25) is 5.02 Å². The van der Waals surface area contributed by atoms with Gasteiger partial charge in [0.25, 0.3) is 0 Å². The summed E-state index contributed by atoms with van der Waals surface area (Å²) in [5.74, 6) is 5.22. The Morgan fingerprint density at radius 1 is 1.39 bits per heavy atom. The first-order valence-electron chi connectivity index (χ1n) is 5.64. The van der Waals surface area contributed by atoms with Crippen LogP contribution in [0, 0.1) is 5.82 Å². The van der Waals surface area contributed by atoms with Gasteiger partial charge in [0.05, 0.1) is 0 Å². The van der Waals surface area contributed by atoms with Crippen LogP contribution < -0.4 is 11.3 Å². The molecule has 1 heterocycles. The summed E-state index contributed by atoms with van der Waals surface area (Å²) in [7, 11) is 0. The fraction of sp³-hybridized carbons (Fsp3) is 0.231. The minimum absolute atomic E-state index is 0.0693. The fourth-order valence-electron chi connectivity index (χ4n) is 1.85. The van der Waals surface area contributed by atoms with E-state index in [0.29, 0.717) is 5.02 Å². The first-order valence-corrected chi connectivity index (χ1v) is 6.90. The van der Waals surface area contributed by atoms with Crippen LogP contribution in [-0.4, -0.2) is 0 Å². The highest BCUT2D eigenvalue weighted by Gasteiger charge is 2.14. The Labute approximate surface area is 115 Å². The molecule has 0 aliphatic heterocycles. The maximum Gasteiger partial charge on any atom is 0.124 e. The maximum absolute atomic E-state index is 13.0. The van der Waals surface area contributed by atoms with Crippen molar-refractivity contribution in [3.63, 3.8) is 0 Å². The highest BCUT2D eigenvalue weighted by molar-refractivity contribution is 7.09. The average molecular weight is 285 g/mol. The number of halogens is 2. The van der Waals surface area contributed by atoms with Crippen molar-refractivity contribution in [1.29, 1.82) is 0 Å². The predicted molar refractivity (Wildman–Crippen MR) is 74.1 cm³/mol. The molecule has 0 spiro atoms. The molecular weight excluding hydrogens is 271 g/mol. The summed E-state index contributed by atoms with van der Waals surface area (Å²) < 4.78 is 13.0. The highest BCUT2D eigenvalue weighted by Crippen LogP contribution is 2.27. The Kier molecular flexibility index (Phi) is 4.72. The highest BCUT2D eigenvalue weighted by atomic mass is 35.5. The quantitative estimate of drug-likeness (QED) is 0.649. The summed E-state index contributed by atoms with van der Waals surface area (Å²) in [5.41, 5.74) is 3.57.